The normalized spacial score (nSPS) is 3.60. The van der Waals surface area contributed by atoms with Crippen molar-refractivity contribution in [2.24, 2.45) is 0 Å². The molecule has 0 bridgehead atoms. The molecule has 4 heteroatoms. The molecule has 0 atom stereocenters. The van der Waals surface area contributed by atoms with E-state index in [4.69, 9.17) is 0 Å². The van der Waals surface area contributed by atoms with Crippen molar-refractivity contribution in [1.82, 2.24) is 0 Å². The average Bonchev–Trinajstić information content (AvgIpc) is 0.918. The van der Waals surface area contributed by atoms with Crippen molar-refractivity contribution in [1.29, 1.82) is 0 Å². The molecule has 5 heavy (non-hydrogen) atoms. The second-order valence-electron chi connectivity index (χ2n) is 0.0825. The van der Waals surface area contributed by atoms with Crippen molar-refractivity contribution < 1.29 is 28.6 Å². The van der Waals surface area contributed by atoms with Crippen LogP contribution in [0.2, 0.25) is 0 Å². The second-order valence-corrected chi connectivity index (χ2v) is 0.553. The summed E-state index contributed by atoms with van der Waals surface area (Å²) in [6.07, 6.45) is 0. The van der Waals surface area contributed by atoms with Gasteiger partial charge in [-0.25, -0.2) is 4.39 Å². The molecule has 0 aromatic carbocycles. The Labute approximate surface area is 55.8 Å². The predicted molar refractivity (Wildman–Crippen MR) is 19.4 cm³/mol. The van der Waals surface area contributed by atoms with Crippen LogP contribution in [0, 0.1) is 4.68 Å². The molecule has 0 nitrogen and oxygen atoms in total. The van der Waals surface area contributed by atoms with Crippen LogP contribution in [-0.2, 0) is 19.5 Å². The van der Waals surface area contributed by atoms with E-state index in [1.807, 2.05) is 0 Å². The quantitative estimate of drug-likeness (QED) is 0.359. The smallest absolute Gasteiger partial charge is 0.191 e. The predicted octanol–water partition coefficient (Wildman–Crippen LogP) is -1.49. The molecule has 29 valence electrons. The van der Waals surface area contributed by atoms with E-state index >= 15 is 0 Å². The van der Waals surface area contributed by atoms with Crippen LogP contribution in [0.3, 0.4) is 0 Å². The third-order valence-electron chi connectivity index (χ3n) is 0. The minimum Gasteiger partial charge on any atom is -1.00 e. The average molecular weight is 243 g/mol. The summed E-state index contributed by atoms with van der Waals surface area (Å²) < 4.78 is 10.6. The SMILES string of the molecule is F[CH]I.[F-].[Zn]. The van der Waals surface area contributed by atoms with Gasteiger partial charge in [-0.3, -0.25) is 0 Å². The Morgan fingerprint density at radius 2 is 1.60 bits per heavy atom. The van der Waals surface area contributed by atoms with Gasteiger partial charge in [0.15, 0.2) is 4.68 Å². The van der Waals surface area contributed by atoms with Crippen LogP contribution in [0.4, 0.5) is 4.39 Å². The van der Waals surface area contributed by atoms with Crippen LogP contribution in [0.1, 0.15) is 0 Å². The first-order valence-electron chi connectivity index (χ1n) is 0.436. The van der Waals surface area contributed by atoms with E-state index in [0.29, 0.717) is 4.68 Å². The fourth-order valence-electron chi connectivity index (χ4n) is 0. The van der Waals surface area contributed by atoms with Crippen molar-refractivity contribution in [2.75, 3.05) is 0 Å². The monoisotopic (exact) mass is 242 g/mol. The molecule has 0 aromatic heterocycles. The van der Waals surface area contributed by atoms with Crippen molar-refractivity contribution in [2.45, 2.75) is 0 Å². The van der Waals surface area contributed by atoms with Gasteiger partial charge in [0.2, 0.25) is 0 Å². The first-order chi connectivity index (χ1) is 1.41. The van der Waals surface area contributed by atoms with Crippen LogP contribution >= 0.6 is 22.6 Å². The van der Waals surface area contributed by atoms with E-state index in [1.54, 1.807) is 0 Å². The summed E-state index contributed by atoms with van der Waals surface area (Å²) in [6, 6.07) is 0. The van der Waals surface area contributed by atoms with Crippen LogP contribution in [0.25, 0.3) is 0 Å². The summed E-state index contributed by atoms with van der Waals surface area (Å²) in [6.45, 7) is 0. The van der Waals surface area contributed by atoms with Crippen molar-refractivity contribution in [3.63, 3.8) is 0 Å². The maximum atomic E-state index is 10.2. The summed E-state index contributed by atoms with van der Waals surface area (Å²) >= 11 is 1.50. The zero-order chi connectivity index (χ0) is 2.71. The Kier molecular flexibility index (Phi) is 61.8. The standard InChI is InChI=1S/CHFI.FH.Zn/c2-1-3;;/h1H;1H;/p-1. The molecule has 0 aliphatic rings. The Bertz CT molecular complexity index is 9.61. The zero-order valence-corrected chi connectivity index (χ0v) is 7.54. The summed E-state index contributed by atoms with van der Waals surface area (Å²) in [5.41, 5.74) is 0. The molecule has 1 radical (unpaired) electrons. The molecular weight excluding hydrogens is 242 g/mol. The van der Waals surface area contributed by atoms with Gasteiger partial charge in [0.1, 0.15) is 0 Å². The Balaban J connectivity index is -0.0000000200. The fourth-order valence-corrected chi connectivity index (χ4v) is 0. The van der Waals surface area contributed by atoms with Crippen molar-refractivity contribution in [3.8, 4) is 0 Å². The van der Waals surface area contributed by atoms with Gasteiger partial charge >= 0.3 is 0 Å². The van der Waals surface area contributed by atoms with Crippen LogP contribution in [-0.4, -0.2) is 0 Å². The molecular formula is CHF2IZn-. The van der Waals surface area contributed by atoms with Gasteiger partial charge < -0.3 is 4.70 Å². The van der Waals surface area contributed by atoms with Crippen molar-refractivity contribution in [3.05, 3.63) is 4.68 Å². The maximum absolute atomic E-state index is 10.2. The van der Waals surface area contributed by atoms with Crippen molar-refractivity contribution >= 4 is 22.6 Å². The third kappa shape index (κ3) is 36.6. The van der Waals surface area contributed by atoms with E-state index in [0.717, 1.165) is 0 Å². The second kappa shape index (κ2) is 18.9. The number of hydrogen-bond acceptors (Lipinski definition) is 0. The summed E-state index contributed by atoms with van der Waals surface area (Å²) in [5, 5.41) is 0. The summed E-state index contributed by atoms with van der Waals surface area (Å²) in [5.74, 6) is 0. The first kappa shape index (κ1) is 16.4. The van der Waals surface area contributed by atoms with E-state index < -0.39 is 0 Å². The van der Waals surface area contributed by atoms with Crippen LogP contribution in [0.5, 0.6) is 0 Å². The number of hydrogen-bond donors (Lipinski definition) is 0. The molecule has 0 fully saturated rings. The van der Waals surface area contributed by atoms with E-state index in [9.17, 15) is 4.39 Å². The van der Waals surface area contributed by atoms with Crippen LogP contribution in [0.15, 0.2) is 0 Å². The zero-order valence-electron chi connectivity index (χ0n) is 2.42. The minimum atomic E-state index is 0. The van der Waals surface area contributed by atoms with Gasteiger partial charge in [-0.2, -0.15) is 0 Å². The Hall–Kier alpha value is 1.21. The first-order valence-corrected chi connectivity index (χ1v) is 1.68. The van der Waals surface area contributed by atoms with Gasteiger partial charge in [0, 0.05) is 19.5 Å². The molecule has 0 aliphatic heterocycles. The van der Waals surface area contributed by atoms with Gasteiger partial charge in [0.25, 0.3) is 0 Å². The van der Waals surface area contributed by atoms with E-state index in [-0.39, 0.29) is 24.2 Å². The maximum Gasteiger partial charge on any atom is 0.191 e. The molecule has 0 unspecified atom stereocenters. The van der Waals surface area contributed by atoms with Gasteiger partial charge in [-0.05, 0) is 22.6 Å². The van der Waals surface area contributed by atoms with Crippen LogP contribution < -0.4 is 4.70 Å². The molecule has 0 aromatic rings. The minimum absolute atomic E-state index is 0. The number of rotatable bonds is 0. The summed E-state index contributed by atoms with van der Waals surface area (Å²) in [7, 11) is 0. The molecule has 0 N–H and O–H groups in total. The molecule has 0 spiro atoms. The van der Waals surface area contributed by atoms with E-state index in [2.05, 4.69) is 0 Å². The van der Waals surface area contributed by atoms with Gasteiger partial charge in [-0.15, -0.1) is 0 Å². The Morgan fingerprint density at radius 1 is 1.60 bits per heavy atom. The molecule has 0 saturated carbocycles. The molecule has 0 rings (SSSR count). The van der Waals surface area contributed by atoms with E-state index in [1.165, 1.54) is 22.6 Å². The van der Waals surface area contributed by atoms with Gasteiger partial charge in [0.05, 0.1) is 0 Å². The van der Waals surface area contributed by atoms with Gasteiger partial charge in [-0.1, -0.05) is 0 Å². The largest absolute Gasteiger partial charge is 1.00 e. The molecule has 0 aliphatic carbocycles. The third-order valence-corrected chi connectivity index (χ3v) is 0. The number of halogens is 3. The molecule has 0 heterocycles. The fraction of sp³-hybridized carbons (Fsp3) is 0. The topological polar surface area (TPSA) is 0 Å². The Morgan fingerprint density at radius 3 is 1.60 bits per heavy atom. The molecule has 0 amide bonds. The molecule has 0 saturated heterocycles. The summed E-state index contributed by atoms with van der Waals surface area (Å²) in [4.78, 5) is 0.